The number of benzene rings is 1. The van der Waals surface area contributed by atoms with Crippen molar-refractivity contribution in [1.82, 2.24) is 10.6 Å². The zero-order chi connectivity index (χ0) is 16.1. The van der Waals surface area contributed by atoms with Gasteiger partial charge in [-0.25, -0.2) is 9.18 Å². The Morgan fingerprint density at radius 2 is 2.09 bits per heavy atom. The van der Waals surface area contributed by atoms with Crippen LogP contribution in [0.4, 0.5) is 9.18 Å². The lowest BCUT2D eigenvalue weighted by molar-refractivity contribution is -0.149. The second-order valence-corrected chi connectivity index (χ2v) is 4.76. The number of nitrogens with one attached hydrogen (secondary N) is 2. The fourth-order valence-electron chi connectivity index (χ4n) is 2.26. The number of halogens is 1. The third-order valence-electron chi connectivity index (χ3n) is 3.30. The van der Waals surface area contributed by atoms with Crippen molar-refractivity contribution in [1.29, 1.82) is 0 Å². The van der Waals surface area contributed by atoms with Crippen LogP contribution in [-0.2, 0) is 14.3 Å². The van der Waals surface area contributed by atoms with Crippen molar-refractivity contribution in [3.05, 3.63) is 47.9 Å². The van der Waals surface area contributed by atoms with Crippen molar-refractivity contribution >= 4 is 12.0 Å². The maximum Gasteiger partial charge on any atom is 0.319 e. The molecule has 2 atom stereocenters. The van der Waals surface area contributed by atoms with Gasteiger partial charge in [0.15, 0.2) is 0 Å². The highest BCUT2D eigenvalue weighted by molar-refractivity contribution is 5.85. The summed E-state index contributed by atoms with van der Waals surface area (Å²) in [5.74, 6) is -2.05. The molecule has 0 saturated carbocycles. The van der Waals surface area contributed by atoms with Crippen LogP contribution in [0.25, 0.3) is 0 Å². The number of esters is 1. The second kappa shape index (κ2) is 7.04. The van der Waals surface area contributed by atoms with Crippen LogP contribution < -0.4 is 10.6 Å². The van der Waals surface area contributed by atoms with E-state index in [1.54, 1.807) is 6.07 Å². The summed E-state index contributed by atoms with van der Waals surface area (Å²) in [4.78, 5) is 23.9. The van der Waals surface area contributed by atoms with Gasteiger partial charge >= 0.3 is 12.0 Å². The third-order valence-corrected chi connectivity index (χ3v) is 3.30. The van der Waals surface area contributed by atoms with E-state index in [1.807, 2.05) is 0 Å². The SMILES string of the molecule is C=C1NC(=O)N[C@@H](c2ccccc2F)[C@@H]1C(=O)OCCOC. The number of methoxy groups -OCH3 is 1. The van der Waals surface area contributed by atoms with Crippen LogP contribution >= 0.6 is 0 Å². The van der Waals surface area contributed by atoms with Gasteiger partial charge in [-0.2, -0.15) is 0 Å². The van der Waals surface area contributed by atoms with Crippen LogP contribution in [0.5, 0.6) is 0 Å². The van der Waals surface area contributed by atoms with Crippen molar-refractivity contribution < 1.29 is 23.5 Å². The summed E-state index contributed by atoms with van der Waals surface area (Å²) < 4.78 is 23.9. The molecule has 2 rings (SSSR count). The molecule has 118 valence electrons. The standard InChI is InChI=1S/C15H17FN2O4/c1-9-12(14(19)22-8-7-21-2)13(18-15(20)17-9)10-5-3-4-6-11(10)16/h3-6,12-13H,1,7-8H2,2H3,(H2,17,18,20)/t12-,13+/m1/s1. The smallest absolute Gasteiger partial charge is 0.319 e. The van der Waals surface area contributed by atoms with Crippen molar-refractivity contribution in [3.63, 3.8) is 0 Å². The monoisotopic (exact) mass is 308 g/mol. The van der Waals surface area contributed by atoms with Gasteiger partial charge in [-0.3, -0.25) is 4.79 Å². The Morgan fingerprint density at radius 3 is 2.77 bits per heavy atom. The molecule has 1 fully saturated rings. The molecular weight excluding hydrogens is 291 g/mol. The van der Waals surface area contributed by atoms with E-state index in [4.69, 9.17) is 9.47 Å². The fourth-order valence-corrected chi connectivity index (χ4v) is 2.26. The molecule has 0 spiro atoms. The van der Waals surface area contributed by atoms with Gasteiger partial charge in [0.2, 0.25) is 0 Å². The Morgan fingerprint density at radius 1 is 1.36 bits per heavy atom. The zero-order valence-electron chi connectivity index (χ0n) is 12.1. The maximum atomic E-state index is 14.0. The summed E-state index contributed by atoms with van der Waals surface area (Å²) in [7, 11) is 1.48. The normalized spacial score (nSPS) is 21.0. The summed E-state index contributed by atoms with van der Waals surface area (Å²) in [5.41, 5.74) is 0.367. The van der Waals surface area contributed by atoms with Crippen molar-refractivity contribution in [2.75, 3.05) is 20.3 Å². The van der Waals surface area contributed by atoms with Crippen molar-refractivity contribution in [2.24, 2.45) is 5.92 Å². The molecule has 1 aliphatic heterocycles. The quantitative estimate of drug-likeness (QED) is 0.638. The summed E-state index contributed by atoms with van der Waals surface area (Å²) >= 11 is 0. The number of urea groups is 1. The average molecular weight is 308 g/mol. The van der Waals surface area contributed by atoms with E-state index in [2.05, 4.69) is 17.2 Å². The lowest BCUT2D eigenvalue weighted by Gasteiger charge is -2.33. The summed E-state index contributed by atoms with van der Waals surface area (Å²) in [6, 6.07) is 4.51. The summed E-state index contributed by atoms with van der Waals surface area (Å²) in [6.45, 7) is 3.99. The van der Waals surface area contributed by atoms with Crippen LogP contribution in [0.15, 0.2) is 36.5 Å². The molecule has 7 heteroatoms. The van der Waals surface area contributed by atoms with E-state index in [0.29, 0.717) is 0 Å². The minimum Gasteiger partial charge on any atom is -0.463 e. The Hall–Kier alpha value is -2.41. The molecule has 6 nitrogen and oxygen atoms in total. The molecule has 0 radical (unpaired) electrons. The first-order chi connectivity index (χ1) is 10.5. The number of hydrogen-bond donors (Lipinski definition) is 2. The van der Waals surface area contributed by atoms with Gasteiger partial charge in [0, 0.05) is 18.4 Å². The van der Waals surface area contributed by atoms with E-state index in [1.165, 1.54) is 25.3 Å². The number of hydrogen-bond acceptors (Lipinski definition) is 4. The highest BCUT2D eigenvalue weighted by atomic mass is 19.1. The molecular formula is C15H17FN2O4. The molecule has 0 unspecified atom stereocenters. The molecule has 1 aliphatic rings. The van der Waals surface area contributed by atoms with E-state index in [9.17, 15) is 14.0 Å². The largest absolute Gasteiger partial charge is 0.463 e. The Balaban J connectivity index is 2.26. The number of rotatable bonds is 5. The first-order valence-corrected chi connectivity index (χ1v) is 6.71. The minimum absolute atomic E-state index is 0.0665. The van der Waals surface area contributed by atoms with Crippen molar-refractivity contribution in [3.8, 4) is 0 Å². The van der Waals surface area contributed by atoms with E-state index in [0.717, 1.165) is 0 Å². The molecule has 0 aliphatic carbocycles. The number of carbonyl (C=O) groups excluding carboxylic acids is 2. The average Bonchev–Trinajstić information content (AvgIpc) is 2.47. The topological polar surface area (TPSA) is 76.7 Å². The molecule has 1 aromatic carbocycles. The number of ether oxygens (including phenoxy) is 2. The number of amides is 2. The van der Waals surface area contributed by atoms with Crippen LogP contribution in [0, 0.1) is 11.7 Å². The van der Waals surface area contributed by atoms with Gasteiger partial charge in [0.25, 0.3) is 0 Å². The fraction of sp³-hybridized carbons (Fsp3) is 0.333. The van der Waals surface area contributed by atoms with E-state index >= 15 is 0 Å². The molecule has 0 aromatic heterocycles. The maximum absolute atomic E-state index is 14.0. The first-order valence-electron chi connectivity index (χ1n) is 6.71. The van der Waals surface area contributed by atoms with E-state index < -0.39 is 29.8 Å². The Labute approximate surface area is 127 Å². The predicted molar refractivity (Wildman–Crippen MR) is 76.3 cm³/mol. The minimum atomic E-state index is -0.925. The Bertz CT molecular complexity index is 591. The van der Waals surface area contributed by atoms with Gasteiger partial charge in [-0.05, 0) is 6.07 Å². The lowest BCUT2D eigenvalue weighted by Crippen LogP contribution is -2.51. The molecule has 22 heavy (non-hydrogen) atoms. The van der Waals surface area contributed by atoms with E-state index in [-0.39, 0.29) is 24.5 Å². The predicted octanol–water partition coefficient (Wildman–Crippen LogP) is 1.50. The second-order valence-electron chi connectivity index (χ2n) is 4.76. The highest BCUT2D eigenvalue weighted by Crippen LogP contribution is 2.31. The van der Waals surface area contributed by atoms with Crippen molar-refractivity contribution in [2.45, 2.75) is 6.04 Å². The lowest BCUT2D eigenvalue weighted by atomic mass is 9.89. The van der Waals surface area contributed by atoms with Gasteiger partial charge in [0.05, 0.1) is 12.6 Å². The molecule has 0 bridgehead atoms. The van der Waals surface area contributed by atoms with Gasteiger partial charge in [-0.1, -0.05) is 24.8 Å². The van der Waals surface area contributed by atoms with Crippen LogP contribution in [-0.4, -0.2) is 32.3 Å². The zero-order valence-corrected chi connectivity index (χ0v) is 12.1. The van der Waals surface area contributed by atoms with Crippen LogP contribution in [0.2, 0.25) is 0 Å². The summed E-state index contributed by atoms with van der Waals surface area (Å²) in [5, 5.41) is 4.96. The number of carbonyl (C=O) groups is 2. The van der Waals surface area contributed by atoms with Gasteiger partial charge in [-0.15, -0.1) is 0 Å². The van der Waals surface area contributed by atoms with Crippen LogP contribution in [0.3, 0.4) is 0 Å². The Kier molecular flexibility index (Phi) is 5.11. The molecule has 1 heterocycles. The first kappa shape index (κ1) is 16.0. The van der Waals surface area contributed by atoms with Gasteiger partial charge in [0.1, 0.15) is 18.3 Å². The highest BCUT2D eigenvalue weighted by Gasteiger charge is 2.39. The molecule has 1 aromatic rings. The third kappa shape index (κ3) is 3.43. The van der Waals surface area contributed by atoms with Crippen LogP contribution in [0.1, 0.15) is 11.6 Å². The molecule has 2 N–H and O–H groups in total. The van der Waals surface area contributed by atoms with Gasteiger partial charge < -0.3 is 20.1 Å². The molecule has 2 amide bonds. The summed E-state index contributed by atoms with van der Waals surface area (Å²) in [6.07, 6.45) is 0. The molecule has 1 saturated heterocycles.